The molecule has 12 atom stereocenters. The Bertz CT molecular complexity index is 797. The second kappa shape index (κ2) is 6.51. The SMILES string of the molecule is C[C@]12CCC3C(C1C1C[C@@H]1[C@@]2(O)CCC1OCCCO1)[C@H]1C[C@H]1[C@]1(O)C[C@@H](O)CC[C@]31C. The average Bonchev–Trinajstić information content (AvgIpc) is 3.68. The fourth-order valence-electron chi connectivity index (χ4n) is 10.8. The zero-order valence-corrected chi connectivity index (χ0v) is 19.8. The molecule has 32 heavy (non-hydrogen) atoms. The number of hydrogen-bond donors (Lipinski definition) is 3. The first-order valence-corrected chi connectivity index (χ1v) is 13.6. The molecule has 1 heterocycles. The molecule has 3 N–H and O–H groups in total. The standard InChI is InChI=1S/C27H42O5/c1-24-7-4-15(28)14-27(24,30)19-12-16(19)22-18(24)5-8-25(2)23(22)17-13-20(17)26(25,29)9-6-21-31-10-3-11-32-21/h15-23,28-30H,3-14H2,1-2H3/t15-,16-,17?,18?,19+,20-,22?,23?,24+,25-,26-,27+/m0/s1. The van der Waals surface area contributed by atoms with E-state index in [1.54, 1.807) is 0 Å². The molecule has 180 valence electrons. The van der Waals surface area contributed by atoms with Gasteiger partial charge in [-0.2, -0.15) is 0 Å². The molecule has 7 aliphatic rings. The number of fused-ring (bicyclic) bond motifs is 10. The summed E-state index contributed by atoms with van der Waals surface area (Å²) in [6.07, 6.45) is 8.95. The second-order valence-electron chi connectivity index (χ2n) is 13.4. The van der Waals surface area contributed by atoms with E-state index in [2.05, 4.69) is 13.8 Å². The summed E-state index contributed by atoms with van der Waals surface area (Å²) in [4.78, 5) is 0. The summed E-state index contributed by atoms with van der Waals surface area (Å²) in [5.41, 5.74) is -1.38. The van der Waals surface area contributed by atoms with Gasteiger partial charge in [0.15, 0.2) is 6.29 Å². The maximum absolute atomic E-state index is 12.3. The van der Waals surface area contributed by atoms with Gasteiger partial charge < -0.3 is 24.8 Å². The zero-order chi connectivity index (χ0) is 22.1. The predicted octanol–water partition coefficient (Wildman–Crippen LogP) is 3.49. The first-order valence-electron chi connectivity index (χ1n) is 13.6. The lowest BCUT2D eigenvalue weighted by atomic mass is 9.42. The number of aliphatic hydroxyl groups is 3. The van der Waals surface area contributed by atoms with E-state index in [1.165, 1.54) is 6.42 Å². The van der Waals surface area contributed by atoms with Crippen LogP contribution in [-0.2, 0) is 9.47 Å². The molecular formula is C27H42O5. The van der Waals surface area contributed by atoms with Gasteiger partial charge in [-0.15, -0.1) is 0 Å². The fraction of sp³-hybridized carbons (Fsp3) is 1.00. The van der Waals surface area contributed by atoms with Crippen molar-refractivity contribution in [3.8, 4) is 0 Å². The van der Waals surface area contributed by atoms with Crippen LogP contribution in [0.2, 0.25) is 0 Å². The Labute approximate surface area is 192 Å². The van der Waals surface area contributed by atoms with Gasteiger partial charge in [-0.1, -0.05) is 13.8 Å². The Morgan fingerprint density at radius 2 is 1.59 bits per heavy atom. The molecule has 5 nitrogen and oxygen atoms in total. The Kier molecular flexibility index (Phi) is 4.30. The van der Waals surface area contributed by atoms with Crippen molar-refractivity contribution in [2.75, 3.05) is 13.2 Å². The molecule has 1 saturated heterocycles. The lowest BCUT2D eigenvalue weighted by Gasteiger charge is -2.64. The number of ether oxygens (including phenoxy) is 2. The van der Waals surface area contributed by atoms with Crippen LogP contribution in [0.3, 0.4) is 0 Å². The minimum atomic E-state index is -0.683. The lowest BCUT2D eigenvalue weighted by Crippen LogP contribution is -2.65. The number of hydrogen-bond acceptors (Lipinski definition) is 5. The molecule has 6 aliphatic carbocycles. The van der Waals surface area contributed by atoms with Crippen LogP contribution in [0.25, 0.3) is 0 Å². The van der Waals surface area contributed by atoms with Gasteiger partial charge in [-0.25, -0.2) is 0 Å². The molecule has 0 aromatic carbocycles. The van der Waals surface area contributed by atoms with Crippen molar-refractivity contribution in [3.63, 3.8) is 0 Å². The maximum atomic E-state index is 12.3. The molecule has 6 saturated carbocycles. The second-order valence-corrected chi connectivity index (χ2v) is 13.4. The highest BCUT2D eigenvalue weighted by Crippen LogP contribution is 2.82. The molecule has 7 fully saturated rings. The van der Waals surface area contributed by atoms with E-state index >= 15 is 0 Å². The average molecular weight is 447 g/mol. The summed E-state index contributed by atoms with van der Waals surface area (Å²) in [6, 6.07) is 0. The fourth-order valence-corrected chi connectivity index (χ4v) is 10.8. The van der Waals surface area contributed by atoms with Crippen molar-refractivity contribution < 1.29 is 24.8 Å². The van der Waals surface area contributed by atoms with Gasteiger partial charge in [-0.3, -0.25) is 0 Å². The van der Waals surface area contributed by atoms with Crippen molar-refractivity contribution in [3.05, 3.63) is 0 Å². The van der Waals surface area contributed by atoms with Gasteiger partial charge in [0, 0.05) is 12.8 Å². The largest absolute Gasteiger partial charge is 0.393 e. The third-order valence-electron chi connectivity index (χ3n) is 12.4. The van der Waals surface area contributed by atoms with E-state index in [4.69, 9.17) is 9.47 Å². The highest BCUT2D eigenvalue weighted by Gasteiger charge is 2.81. The van der Waals surface area contributed by atoms with Crippen LogP contribution >= 0.6 is 0 Å². The van der Waals surface area contributed by atoms with Crippen molar-refractivity contribution >= 4 is 0 Å². The van der Waals surface area contributed by atoms with E-state index in [-0.39, 0.29) is 23.2 Å². The Morgan fingerprint density at radius 3 is 2.38 bits per heavy atom. The molecule has 0 amide bonds. The summed E-state index contributed by atoms with van der Waals surface area (Å²) in [5.74, 6) is 3.84. The minimum Gasteiger partial charge on any atom is -0.393 e. The predicted molar refractivity (Wildman–Crippen MR) is 118 cm³/mol. The lowest BCUT2D eigenvalue weighted by molar-refractivity contribution is -0.240. The molecule has 4 unspecified atom stereocenters. The molecule has 0 aromatic heterocycles. The molecule has 0 bridgehead atoms. The smallest absolute Gasteiger partial charge is 0.157 e. The third-order valence-corrected chi connectivity index (χ3v) is 12.4. The van der Waals surface area contributed by atoms with Gasteiger partial charge in [0.1, 0.15) is 0 Å². The van der Waals surface area contributed by atoms with Crippen molar-refractivity contribution in [1.82, 2.24) is 0 Å². The maximum Gasteiger partial charge on any atom is 0.157 e. The van der Waals surface area contributed by atoms with Gasteiger partial charge in [0.05, 0.1) is 30.5 Å². The molecular weight excluding hydrogens is 404 g/mol. The highest BCUT2D eigenvalue weighted by atomic mass is 16.7. The van der Waals surface area contributed by atoms with Gasteiger partial charge in [0.2, 0.25) is 0 Å². The Hall–Kier alpha value is -0.200. The monoisotopic (exact) mass is 446 g/mol. The summed E-state index contributed by atoms with van der Waals surface area (Å²) >= 11 is 0. The van der Waals surface area contributed by atoms with Crippen molar-refractivity contribution in [1.29, 1.82) is 0 Å². The normalized spacial score (nSPS) is 62.9. The topological polar surface area (TPSA) is 79.2 Å². The third kappa shape index (κ3) is 2.43. The van der Waals surface area contributed by atoms with Crippen LogP contribution < -0.4 is 0 Å². The van der Waals surface area contributed by atoms with Crippen LogP contribution in [0.15, 0.2) is 0 Å². The summed E-state index contributed by atoms with van der Waals surface area (Å²) in [7, 11) is 0. The quantitative estimate of drug-likeness (QED) is 0.619. The van der Waals surface area contributed by atoms with E-state index < -0.39 is 11.2 Å². The van der Waals surface area contributed by atoms with Crippen LogP contribution in [0.1, 0.15) is 78.1 Å². The molecule has 5 heteroatoms. The highest BCUT2D eigenvalue weighted by molar-refractivity contribution is 5.29. The van der Waals surface area contributed by atoms with Crippen molar-refractivity contribution in [2.45, 2.75) is 102 Å². The van der Waals surface area contributed by atoms with Crippen molar-refractivity contribution in [2.24, 2.45) is 52.3 Å². The molecule has 0 spiro atoms. The van der Waals surface area contributed by atoms with Crippen LogP contribution in [0.5, 0.6) is 0 Å². The van der Waals surface area contributed by atoms with E-state index in [1.807, 2.05) is 0 Å². The van der Waals surface area contributed by atoms with Gasteiger partial charge in [0.25, 0.3) is 0 Å². The minimum absolute atomic E-state index is 0.0243. The molecule has 0 aromatic rings. The van der Waals surface area contributed by atoms with Crippen LogP contribution in [0.4, 0.5) is 0 Å². The van der Waals surface area contributed by atoms with Crippen LogP contribution in [0, 0.1) is 52.3 Å². The van der Waals surface area contributed by atoms with Gasteiger partial charge in [-0.05, 0) is 104 Å². The molecule has 7 rings (SSSR count). The van der Waals surface area contributed by atoms with E-state index in [0.29, 0.717) is 47.8 Å². The Balaban J connectivity index is 1.19. The van der Waals surface area contributed by atoms with Gasteiger partial charge >= 0.3 is 0 Å². The zero-order valence-electron chi connectivity index (χ0n) is 19.8. The summed E-state index contributed by atoms with van der Waals surface area (Å²) in [5, 5.41) is 34.6. The van der Waals surface area contributed by atoms with Crippen LogP contribution in [-0.4, -0.2) is 52.1 Å². The number of rotatable bonds is 3. The first kappa shape index (κ1) is 21.1. The van der Waals surface area contributed by atoms with E-state index in [0.717, 1.165) is 64.6 Å². The molecule has 1 aliphatic heterocycles. The summed E-state index contributed by atoms with van der Waals surface area (Å²) in [6.45, 7) is 6.32. The first-order chi connectivity index (χ1) is 15.2. The number of aliphatic hydroxyl groups excluding tert-OH is 1. The molecule has 0 radical (unpaired) electrons. The summed E-state index contributed by atoms with van der Waals surface area (Å²) < 4.78 is 11.6. The Morgan fingerprint density at radius 1 is 0.875 bits per heavy atom. The van der Waals surface area contributed by atoms with E-state index in [9.17, 15) is 15.3 Å².